The summed E-state index contributed by atoms with van der Waals surface area (Å²) in [4.78, 5) is 11.6. The van der Waals surface area contributed by atoms with Gasteiger partial charge in [-0.1, -0.05) is 74.5 Å². The fourth-order valence-corrected chi connectivity index (χ4v) is 2.70. The molecule has 0 amide bonds. The van der Waals surface area contributed by atoms with E-state index in [0.29, 0.717) is 11.9 Å². The Morgan fingerprint density at radius 2 is 1.58 bits per heavy atom. The first-order valence-corrected chi connectivity index (χ1v) is 9.05. The SMILES string of the molecule is CC(C)CNc1nc(-c2ccccc2)cc(N(C)Cc2ccccc2)n1. The number of benzene rings is 2. The molecule has 0 fully saturated rings. The lowest BCUT2D eigenvalue weighted by Gasteiger charge is -2.20. The lowest BCUT2D eigenvalue weighted by Crippen LogP contribution is -2.19. The van der Waals surface area contributed by atoms with Crippen LogP contribution in [-0.2, 0) is 6.54 Å². The van der Waals surface area contributed by atoms with Crippen LogP contribution < -0.4 is 10.2 Å². The summed E-state index contributed by atoms with van der Waals surface area (Å²) in [6.45, 7) is 6.00. The Labute approximate surface area is 155 Å². The predicted octanol–water partition coefficient (Wildman–Crippen LogP) is 4.85. The summed E-state index contributed by atoms with van der Waals surface area (Å²) >= 11 is 0. The number of anilines is 2. The molecule has 0 aliphatic heterocycles. The second-order valence-electron chi connectivity index (χ2n) is 6.92. The lowest BCUT2D eigenvalue weighted by molar-refractivity contribution is 0.684. The van der Waals surface area contributed by atoms with Crippen molar-refractivity contribution in [3.05, 3.63) is 72.3 Å². The molecular formula is C22H26N4. The van der Waals surface area contributed by atoms with Crippen LogP contribution in [0.3, 0.4) is 0 Å². The lowest BCUT2D eigenvalue weighted by atomic mass is 10.1. The van der Waals surface area contributed by atoms with Gasteiger partial charge in [0.25, 0.3) is 0 Å². The second kappa shape index (κ2) is 8.48. The zero-order valence-corrected chi connectivity index (χ0v) is 15.7. The van der Waals surface area contributed by atoms with Gasteiger partial charge in [0.15, 0.2) is 0 Å². The number of rotatable bonds is 7. The Bertz CT molecular complexity index is 816. The van der Waals surface area contributed by atoms with E-state index in [1.807, 2.05) is 24.3 Å². The summed E-state index contributed by atoms with van der Waals surface area (Å²) in [7, 11) is 2.07. The highest BCUT2D eigenvalue weighted by atomic mass is 15.2. The quantitative estimate of drug-likeness (QED) is 0.664. The molecule has 26 heavy (non-hydrogen) atoms. The van der Waals surface area contributed by atoms with Crippen LogP contribution in [0.25, 0.3) is 11.3 Å². The molecule has 0 spiro atoms. The molecule has 1 aromatic heterocycles. The summed E-state index contributed by atoms with van der Waals surface area (Å²) in [6, 6.07) is 22.7. The van der Waals surface area contributed by atoms with Crippen LogP contribution in [-0.4, -0.2) is 23.6 Å². The molecule has 0 aliphatic carbocycles. The average molecular weight is 346 g/mol. The number of hydrogen-bond acceptors (Lipinski definition) is 4. The molecule has 134 valence electrons. The zero-order valence-electron chi connectivity index (χ0n) is 15.7. The minimum Gasteiger partial charge on any atom is -0.355 e. The molecule has 0 saturated heterocycles. The first kappa shape index (κ1) is 17.9. The third kappa shape index (κ3) is 4.82. The van der Waals surface area contributed by atoms with Crippen LogP contribution in [0, 0.1) is 5.92 Å². The topological polar surface area (TPSA) is 41.1 Å². The van der Waals surface area contributed by atoms with Gasteiger partial charge in [-0.25, -0.2) is 4.98 Å². The smallest absolute Gasteiger partial charge is 0.225 e. The van der Waals surface area contributed by atoms with Crippen LogP contribution in [0.1, 0.15) is 19.4 Å². The first-order chi connectivity index (χ1) is 12.6. The average Bonchev–Trinajstić information content (AvgIpc) is 2.67. The second-order valence-corrected chi connectivity index (χ2v) is 6.92. The molecule has 0 bridgehead atoms. The molecule has 1 heterocycles. The Morgan fingerprint density at radius 3 is 2.23 bits per heavy atom. The predicted molar refractivity (Wildman–Crippen MR) is 109 cm³/mol. The standard InChI is InChI=1S/C22H26N4/c1-17(2)15-23-22-24-20(19-12-8-5-9-13-19)14-21(25-22)26(3)16-18-10-6-4-7-11-18/h4-14,17H,15-16H2,1-3H3,(H,23,24,25). The monoisotopic (exact) mass is 346 g/mol. The largest absolute Gasteiger partial charge is 0.355 e. The van der Waals surface area contributed by atoms with Gasteiger partial charge in [-0.15, -0.1) is 0 Å². The van der Waals surface area contributed by atoms with Crippen molar-refractivity contribution in [2.75, 3.05) is 23.8 Å². The zero-order chi connectivity index (χ0) is 18.4. The molecule has 2 aromatic carbocycles. The van der Waals surface area contributed by atoms with Gasteiger partial charge < -0.3 is 10.2 Å². The van der Waals surface area contributed by atoms with Gasteiger partial charge in [0.2, 0.25) is 5.95 Å². The highest BCUT2D eigenvalue weighted by Crippen LogP contribution is 2.24. The van der Waals surface area contributed by atoms with Crippen molar-refractivity contribution in [3.63, 3.8) is 0 Å². The van der Waals surface area contributed by atoms with Gasteiger partial charge in [0.05, 0.1) is 5.69 Å². The minimum absolute atomic E-state index is 0.532. The molecule has 0 saturated carbocycles. The van der Waals surface area contributed by atoms with E-state index >= 15 is 0 Å². The summed E-state index contributed by atoms with van der Waals surface area (Å²) < 4.78 is 0. The van der Waals surface area contributed by atoms with Crippen LogP contribution >= 0.6 is 0 Å². The normalized spacial score (nSPS) is 10.8. The van der Waals surface area contributed by atoms with E-state index in [0.717, 1.165) is 30.2 Å². The maximum Gasteiger partial charge on any atom is 0.225 e. The molecule has 1 N–H and O–H groups in total. The van der Waals surface area contributed by atoms with E-state index in [2.05, 4.69) is 73.6 Å². The van der Waals surface area contributed by atoms with Crippen molar-refractivity contribution in [3.8, 4) is 11.3 Å². The van der Waals surface area contributed by atoms with E-state index in [-0.39, 0.29) is 0 Å². The van der Waals surface area contributed by atoms with E-state index in [1.165, 1.54) is 5.56 Å². The van der Waals surface area contributed by atoms with Crippen molar-refractivity contribution in [1.29, 1.82) is 0 Å². The van der Waals surface area contributed by atoms with Gasteiger partial charge in [-0.3, -0.25) is 0 Å². The molecule has 4 nitrogen and oxygen atoms in total. The first-order valence-electron chi connectivity index (χ1n) is 9.05. The van der Waals surface area contributed by atoms with E-state index < -0.39 is 0 Å². The third-order valence-electron chi connectivity index (χ3n) is 4.10. The molecule has 0 unspecified atom stereocenters. The Morgan fingerprint density at radius 1 is 0.923 bits per heavy atom. The number of hydrogen-bond donors (Lipinski definition) is 1. The molecular weight excluding hydrogens is 320 g/mol. The Balaban J connectivity index is 1.91. The fraction of sp³-hybridized carbons (Fsp3) is 0.273. The van der Waals surface area contributed by atoms with Gasteiger partial charge in [-0.05, 0) is 11.5 Å². The fourth-order valence-electron chi connectivity index (χ4n) is 2.70. The van der Waals surface area contributed by atoms with Crippen LogP contribution in [0.2, 0.25) is 0 Å². The van der Waals surface area contributed by atoms with E-state index in [9.17, 15) is 0 Å². The van der Waals surface area contributed by atoms with E-state index in [1.54, 1.807) is 0 Å². The summed E-state index contributed by atoms with van der Waals surface area (Å²) in [5, 5.41) is 3.36. The molecule has 3 rings (SSSR count). The molecule has 0 aliphatic rings. The van der Waals surface area contributed by atoms with E-state index in [4.69, 9.17) is 9.97 Å². The van der Waals surface area contributed by atoms with Gasteiger partial charge in [-0.2, -0.15) is 4.98 Å². The van der Waals surface area contributed by atoms with Crippen molar-refractivity contribution in [1.82, 2.24) is 9.97 Å². The molecule has 0 radical (unpaired) electrons. The highest BCUT2D eigenvalue weighted by molar-refractivity contribution is 5.64. The van der Waals surface area contributed by atoms with Gasteiger partial charge in [0.1, 0.15) is 5.82 Å². The summed E-state index contributed by atoms with van der Waals surface area (Å²) in [6.07, 6.45) is 0. The third-order valence-corrected chi connectivity index (χ3v) is 4.10. The van der Waals surface area contributed by atoms with Crippen molar-refractivity contribution >= 4 is 11.8 Å². The number of nitrogens with one attached hydrogen (secondary N) is 1. The van der Waals surface area contributed by atoms with Crippen LogP contribution in [0.15, 0.2) is 66.7 Å². The number of nitrogens with zero attached hydrogens (tertiary/aromatic N) is 3. The Kier molecular flexibility index (Phi) is 5.84. The van der Waals surface area contributed by atoms with Gasteiger partial charge in [0, 0.05) is 31.8 Å². The van der Waals surface area contributed by atoms with Crippen molar-refractivity contribution in [2.24, 2.45) is 5.92 Å². The van der Waals surface area contributed by atoms with Crippen molar-refractivity contribution < 1.29 is 0 Å². The molecule has 0 atom stereocenters. The maximum atomic E-state index is 4.73. The van der Waals surface area contributed by atoms with Crippen LogP contribution in [0.5, 0.6) is 0 Å². The number of aromatic nitrogens is 2. The van der Waals surface area contributed by atoms with Gasteiger partial charge >= 0.3 is 0 Å². The minimum atomic E-state index is 0.532. The molecule has 3 aromatic rings. The summed E-state index contributed by atoms with van der Waals surface area (Å²) in [5.74, 6) is 2.12. The maximum absolute atomic E-state index is 4.73. The highest BCUT2D eigenvalue weighted by Gasteiger charge is 2.11. The molecule has 4 heteroatoms. The summed E-state index contributed by atoms with van der Waals surface area (Å²) in [5.41, 5.74) is 3.28. The van der Waals surface area contributed by atoms with Crippen LogP contribution in [0.4, 0.5) is 11.8 Å². The van der Waals surface area contributed by atoms with Crippen molar-refractivity contribution in [2.45, 2.75) is 20.4 Å². The Hall–Kier alpha value is -2.88.